The molecule has 2 unspecified atom stereocenters. The van der Waals surface area contributed by atoms with Crippen molar-refractivity contribution in [2.75, 3.05) is 13.2 Å². The first-order chi connectivity index (χ1) is 23.1. The Kier molecular flexibility index (Phi) is 29.9. The number of hydrogen-bond donors (Lipinski definition) is 1. The number of carbonyl (C=O) groups is 2. The zero-order valence-electron chi connectivity index (χ0n) is 30.5. The van der Waals surface area contributed by atoms with Crippen molar-refractivity contribution in [2.45, 2.75) is 199 Å². The molecule has 6 heteroatoms. The summed E-state index contributed by atoms with van der Waals surface area (Å²) >= 11 is 0. The van der Waals surface area contributed by atoms with Gasteiger partial charge < -0.3 is 19.3 Å². The standard InChI is InChI=1S/C41H72O6/c1-3-5-7-9-11-13-14-15-16-17-18-20-22-24-29-33-40(43)45-35-37(42)36-46-41(44)34-30-26-25-28-32-39-38(47-39)31-27-23-21-19-12-10-8-6-4-2/h12,19,23,25,27-28,37-39,42H,3-11,13-18,20-22,24,26,29-36H2,1-2H3/b19-12-,27-23-,28-25-/t37-,38?,39?/m1/s1. The van der Waals surface area contributed by atoms with Gasteiger partial charge in [0.05, 0.1) is 12.2 Å². The topological polar surface area (TPSA) is 85.4 Å². The molecule has 0 spiro atoms. The molecule has 272 valence electrons. The molecular formula is C41H72O6. The lowest BCUT2D eigenvalue weighted by Crippen LogP contribution is -2.25. The van der Waals surface area contributed by atoms with Crippen molar-refractivity contribution >= 4 is 11.9 Å². The van der Waals surface area contributed by atoms with Crippen LogP contribution in [-0.4, -0.2) is 48.6 Å². The maximum atomic E-state index is 12.0. The van der Waals surface area contributed by atoms with Crippen molar-refractivity contribution in [1.29, 1.82) is 0 Å². The van der Waals surface area contributed by atoms with Gasteiger partial charge in [0.2, 0.25) is 0 Å². The van der Waals surface area contributed by atoms with Crippen LogP contribution in [0.5, 0.6) is 0 Å². The number of rotatable bonds is 34. The fourth-order valence-electron chi connectivity index (χ4n) is 5.65. The molecule has 47 heavy (non-hydrogen) atoms. The third-order valence-corrected chi connectivity index (χ3v) is 8.78. The average Bonchev–Trinajstić information content (AvgIpc) is 3.83. The molecule has 0 aliphatic carbocycles. The van der Waals surface area contributed by atoms with Gasteiger partial charge in [0.1, 0.15) is 19.3 Å². The van der Waals surface area contributed by atoms with Crippen LogP contribution in [0, 0.1) is 0 Å². The predicted molar refractivity (Wildman–Crippen MR) is 195 cm³/mol. The highest BCUT2D eigenvalue weighted by Crippen LogP contribution is 2.29. The Morgan fingerprint density at radius 3 is 1.51 bits per heavy atom. The second-order valence-electron chi connectivity index (χ2n) is 13.4. The zero-order chi connectivity index (χ0) is 34.0. The number of carbonyl (C=O) groups excluding carboxylic acids is 2. The second kappa shape index (κ2) is 32.6. The Morgan fingerprint density at radius 2 is 0.957 bits per heavy atom. The summed E-state index contributed by atoms with van der Waals surface area (Å²) in [6.45, 7) is 4.22. The van der Waals surface area contributed by atoms with E-state index in [1.807, 2.05) is 0 Å². The third-order valence-electron chi connectivity index (χ3n) is 8.78. The van der Waals surface area contributed by atoms with Gasteiger partial charge in [-0.25, -0.2) is 0 Å². The fourth-order valence-corrected chi connectivity index (χ4v) is 5.65. The van der Waals surface area contributed by atoms with Crippen LogP contribution in [0.1, 0.15) is 181 Å². The Hall–Kier alpha value is -1.92. The smallest absolute Gasteiger partial charge is 0.305 e. The largest absolute Gasteiger partial charge is 0.463 e. The van der Waals surface area contributed by atoms with Gasteiger partial charge in [-0.1, -0.05) is 153 Å². The van der Waals surface area contributed by atoms with Gasteiger partial charge in [0, 0.05) is 12.8 Å². The van der Waals surface area contributed by atoms with E-state index in [2.05, 4.69) is 50.3 Å². The van der Waals surface area contributed by atoms with Crippen LogP contribution in [-0.2, 0) is 23.8 Å². The third kappa shape index (κ3) is 29.9. The van der Waals surface area contributed by atoms with Gasteiger partial charge in [-0.05, 0) is 51.4 Å². The molecule has 1 aliphatic heterocycles. The van der Waals surface area contributed by atoms with Crippen molar-refractivity contribution in [1.82, 2.24) is 0 Å². The summed E-state index contributed by atoms with van der Waals surface area (Å²) in [7, 11) is 0. The minimum atomic E-state index is -0.989. The number of aliphatic hydroxyl groups excluding tert-OH is 1. The van der Waals surface area contributed by atoms with Gasteiger partial charge in [-0.15, -0.1) is 0 Å². The van der Waals surface area contributed by atoms with Crippen LogP contribution in [0.2, 0.25) is 0 Å². The molecule has 0 amide bonds. The van der Waals surface area contributed by atoms with E-state index >= 15 is 0 Å². The molecular weight excluding hydrogens is 588 g/mol. The molecule has 0 aromatic heterocycles. The van der Waals surface area contributed by atoms with Crippen molar-refractivity contribution in [2.24, 2.45) is 0 Å². The normalized spacial score (nSPS) is 16.8. The molecule has 1 rings (SSSR count). The van der Waals surface area contributed by atoms with E-state index in [9.17, 15) is 14.7 Å². The van der Waals surface area contributed by atoms with Gasteiger partial charge >= 0.3 is 11.9 Å². The van der Waals surface area contributed by atoms with Crippen LogP contribution in [0.15, 0.2) is 36.5 Å². The monoisotopic (exact) mass is 661 g/mol. The molecule has 0 aromatic carbocycles. The van der Waals surface area contributed by atoms with E-state index in [1.165, 1.54) is 103 Å². The summed E-state index contributed by atoms with van der Waals surface area (Å²) < 4.78 is 16.0. The van der Waals surface area contributed by atoms with E-state index in [4.69, 9.17) is 14.2 Å². The Morgan fingerprint density at radius 1 is 0.553 bits per heavy atom. The highest BCUT2D eigenvalue weighted by atomic mass is 16.6. The summed E-state index contributed by atoms with van der Waals surface area (Å²) in [5.74, 6) is -0.632. The van der Waals surface area contributed by atoms with Crippen LogP contribution in [0.25, 0.3) is 0 Å². The molecule has 0 radical (unpaired) electrons. The zero-order valence-corrected chi connectivity index (χ0v) is 30.5. The molecule has 3 atom stereocenters. The first-order valence-electron chi connectivity index (χ1n) is 19.7. The summed E-state index contributed by atoms with van der Waals surface area (Å²) in [6.07, 6.45) is 42.3. The highest BCUT2D eigenvalue weighted by molar-refractivity contribution is 5.69. The van der Waals surface area contributed by atoms with Gasteiger partial charge in [0.15, 0.2) is 0 Å². The molecule has 0 saturated carbocycles. The number of allylic oxidation sites excluding steroid dienone is 4. The minimum absolute atomic E-state index is 0.135. The summed E-state index contributed by atoms with van der Waals surface area (Å²) in [5.41, 5.74) is 0. The lowest BCUT2D eigenvalue weighted by Gasteiger charge is -2.12. The van der Waals surface area contributed by atoms with Crippen LogP contribution in [0.3, 0.4) is 0 Å². The van der Waals surface area contributed by atoms with Gasteiger partial charge in [-0.3, -0.25) is 9.59 Å². The summed E-state index contributed by atoms with van der Waals surface area (Å²) in [4.78, 5) is 23.9. The number of hydrogen-bond acceptors (Lipinski definition) is 6. The molecule has 0 aromatic rings. The number of epoxide rings is 1. The predicted octanol–water partition coefficient (Wildman–Crippen LogP) is 11.1. The molecule has 0 bridgehead atoms. The van der Waals surface area contributed by atoms with Crippen molar-refractivity contribution in [3.05, 3.63) is 36.5 Å². The van der Waals surface area contributed by atoms with E-state index in [0.29, 0.717) is 31.5 Å². The quantitative estimate of drug-likeness (QED) is 0.0320. The molecule has 1 saturated heterocycles. The Bertz CT molecular complexity index is 819. The first-order valence-corrected chi connectivity index (χ1v) is 19.7. The average molecular weight is 661 g/mol. The fraction of sp³-hybridized carbons (Fsp3) is 0.805. The maximum Gasteiger partial charge on any atom is 0.305 e. The second-order valence-corrected chi connectivity index (χ2v) is 13.4. The van der Waals surface area contributed by atoms with Crippen molar-refractivity contribution in [3.8, 4) is 0 Å². The van der Waals surface area contributed by atoms with Crippen molar-refractivity contribution < 1.29 is 28.9 Å². The number of aliphatic hydroxyl groups is 1. The molecule has 6 nitrogen and oxygen atoms in total. The van der Waals surface area contributed by atoms with Crippen LogP contribution in [0.4, 0.5) is 0 Å². The number of esters is 2. The van der Waals surface area contributed by atoms with E-state index < -0.39 is 6.10 Å². The summed E-state index contributed by atoms with van der Waals surface area (Å²) in [5, 5.41) is 10.0. The molecule has 1 heterocycles. The van der Waals surface area contributed by atoms with Crippen molar-refractivity contribution in [3.63, 3.8) is 0 Å². The highest BCUT2D eigenvalue weighted by Gasteiger charge is 2.35. The van der Waals surface area contributed by atoms with Crippen LogP contribution < -0.4 is 0 Å². The first kappa shape index (κ1) is 43.1. The van der Waals surface area contributed by atoms with Gasteiger partial charge in [0.25, 0.3) is 0 Å². The lowest BCUT2D eigenvalue weighted by atomic mass is 10.0. The Labute approximate surface area is 289 Å². The SMILES string of the molecule is CCCCC/C=C\C/C=C\CC1OC1C/C=C\CCCC(=O)OC[C@H](O)COC(=O)CCCCCCCCCCCCCCCCC. The van der Waals surface area contributed by atoms with Gasteiger partial charge in [-0.2, -0.15) is 0 Å². The lowest BCUT2D eigenvalue weighted by molar-refractivity contribution is -0.152. The minimum Gasteiger partial charge on any atom is -0.463 e. The maximum absolute atomic E-state index is 12.0. The molecule has 1 fully saturated rings. The Balaban J connectivity index is 1.86. The van der Waals surface area contributed by atoms with Crippen LogP contribution >= 0.6 is 0 Å². The number of unbranched alkanes of at least 4 members (excludes halogenated alkanes) is 18. The van der Waals surface area contributed by atoms with E-state index in [1.54, 1.807) is 0 Å². The van der Waals surface area contributed by atoms with E-state index in [0.717, 1.165) is 44.9 Å². The number of ether oxygens (including phenoxy) is 3. The molecule has 1 aliphatic rings. The van der Waals surface area contributed by atoms with E-state index in [-0.39, 0.29) is 25.2 Å². The molecule has 1 N–H and O–H groups in total. The summed E-state index contributed by atoms with van der Waals surface area (Å²) in [6, 6.07) is 0.